The highest BCUT2D eigenvalue weighted by Crippen LogP contribution is 2.27. The molecule has 4 rings (SSSR count). The average Bonchev–Trinajstić information content (AvgIpc) is 3.48. The van der Waals surface area contributed by atoms with Crippen molar-refractivity contribution in [1.82, 2.24) is 10.6 Å². The lowest BCUT2D eigenvalue weighted by molar-refractivity contribution is -0.228. The van der Waals surface area contributed by atoms with E-state index in [4.69, 9.17) is 56.6 Å². The molecule has 11 atom stereocenters. The lowest BCUT2D eigenvalue weighted by Gasteiger charge is -2.35. The van der Waals surface area contributed by atoms with E-state index in [2.05, 4.69) is 10.6 Å². The summed E-state index contributed by atoms with van der Waals surface area (Å²) in [5, 5.41) is 61.1. The largest absolute Gasteiger partial charge is 0.394 e. The third-order valence-corrected chi connectivity index (χ3v) is 8.16. The Hall–Kier alpha value is -0.600. The highest BCUT2D eigenvalue weighted by Gasteiger charge is 2.35. The molecule has 0 aromatic rings. The summed E-state index contributed by atoms with van der Waals surface area (Å²) in [5.74, 6) is 0. The number of aliphatic hydroxyl groups excluding tert-OH is 6. The minimum absolute atomic E-state index is 0.0277. The molecule has 3 heterocycles. The summed E-state index contributed by atoms with van der Waals surface area (Å²) in [7, 11) is 0. The van der Waals surface area contributed by atoms with Crippen molar-refractivity contribution in [2.24, 2.45) is 17.2 Å². The minimum atomic E-state index is -1.01. The van der Waals surface area contributed by atoms with E-state index in [1.807, 2.05) is 0 Å². The zero-order valence-corrected chi connectivity index (χ0v) is 26.1. The molecule has 14 N–H and O–H groups in total. The second-order valence-corrected chi connectivity index (χ2v) is 12.1. The Balaban J connectivity index is 0.000000250. The molecule has 1 saturated carbocycles. The Labute approximate surface area is 261 Å². The molecule has 262 valence electrons. The van der Waals surface area contributed by atoms with Gasteiger partial charge in [-0.1, -0.05) is 0 Å². The van der Waals surface area contributed by atoms with Crippen LogP contribution >= 0.6 is 0 Å². The summed E-state index contributed by atoms with van der Waals surface area (Å²) in [6.45, 7) is 3.98. The third-order valence-electron chi connectivity index (χ3n) is 8.16. The molecule has 15 nitrogen and oxygen atoms in total. The fraction of sp³-hybridized carbons (Fsp3) is 1.00. The molecule has 0 aromatic heterocycles. The van der Waals surface area contributed by atoms with Crippen LogP contribution < -0.4 is 27.8 Å². The van der Waals surface area contributed by atoms with Gasteiger partial charge in [0.25, 0.3) is 0 Å². The van der Waals surface area contributed by atoms with Crippen molar-refractivity contribution < 1.29 is 49.6 Å². The van der Waals surface area contributed by atoms with Gasteiger partial charge >= 0.3 is 0 Å². The molecular formula is C29H61N5O10. The molecule has 0 aromatic carbocycles. The van der Waals surface area contributed by atoms with E-state index in [9.17, 15) is 10.2 Å². The van der Waals surface area contributed by atoms with Crippen LogP contribution in [0.5, 0.6) is 0 Å². The number of nitrogens with two attached hydrogens (primary N) is 3. The number of nitrogens with one attached hydrogen (secondary N) is 2. The van der Waals surface area contributed by atoms with Crippen molar-refractivity contribution in [1.29, 1.82) is 0 Å². The second-order valence-electron chi connectivity index (χ2n) is 12.1. The molecule has 3 aliphatic heterocycles. The Morgan fingerprint density at radius 2 is 1.73 bits per heavy atom. The normalized spacial score (nSPS) is 36.5. The van der Waals surface area contributed by atoms with E-state index in [1.165, 1.54) is 19.3 Å². The Kier molecular flexibility index (Phi) is 20.5. The van der Waals surface area contributed by atoms with Crippen molar-refractivity contribution in [2.45, 2.75) is 132 Å². The fourth-order valence-electron chi connectivity index (χ4n) is 5.66. The summed E-state index contributed by atoms with van der Waals surface area (Å²) in [6.07, 6.45) is 4.74. The maximum absolute atomic E-state index is 9.39. The SMILES string of the molecule is NC1CC(NCC(O)CO)CC(OC2CCC(CO)O2)C1.NCCCNCC1CCCCO1.NC[C@@H]1O[C@H](O)CC(O)[C@@H]1O. The first-order chi connectivity index (χ1) is 21.2. The highest BCUT2D eigenvalue weighted by atomic mass is 16.7. The van der Waals surface area contributed by atoms with Gasteiger partial charge in [-0.2, -0.15) is 0 Å². The van der Waals surface area contributed by atoms with Gasteiger partial charge in [0.15, 0.2) is 12.6 Å². The van der Waals surface area contributed by atoms with Gasteiger partial charge in [-0.05, 0) is 64.5 Å². The van der Waals surface area contributed by atoms with E-state index in [0.717, 1.165) is 64.8 Å². The summed E-state index contributed by atoms with van der Waals surface area (Å²) >= 11 is 0. The first-order valence-electron chi connectivity index (χ1n) is 16.3. The number of aliphatic hydroxyl groups is 6. The van der Waals surface area contributed by atoms with Gasteiger partial charge in [0.05, 0.1) is 43.7 Å². The van der Waals surface area contributed by atoms with E-state index in [-0.39, 0.29) is 56.8 Å². The predicted molar refractivity (Wildman–Crippen MR) is 163 cm³/mol. The molecule has 8 unspecified atom stereocenters. The van der Waals surface area contributed by atoms with Gasteiger partial charge in [-0.3, -0.25) is 0 Å². The Bertz CT molecular complexity index is 713. The highest BCUT2D eigenvalue weighted by molar-refractivity contribution is 4.87. The Morgan fingerprint density at radius 3 is 2.36 bits per heavy atom. The first-order valence-corrected chi connectivity index (χ1v) is 16.3. The Morgan fingerprint density at radius 1 is 0.932 bits per heavy atom. The van der Waals surface area contributed by atoms with E-state index in [1.54, 1.807) is 0 Å². The first kappa shape index (κ1) is 39.6. The third kappa shape index (κ3) is 15.8. The molecule has 4 fully saturated rings. The molecule has 0 spiro atoms. The zero-order chi connectivity index (χ0) is 32.3. The van der Waals surface area contributed by atoms with Crippen LogP contribution in [-0.2, 0) is 18.9 Å². The van der Waals surface area contributed by atoms with Crippen LogP contribution in [0.3, 0.4) is 0 Å². The number of ether oxygens (including phenoxy) is 4. The molecule has 0 bridgehead atoms. The maximum Gasteiger partial charge on any atom is 0.158 e. The van der Waals surface area contributed by atoms with Crippen LogP contribution in [0.2, 0.25) is 0 Å². The topological polar surface area (TPSA) is 260 Å². The standard InChI is InChI=1S/C14H28N2O5.C9H20N2O.C6H13NO4/c15-9-3-10(16-6-11(19)7-17)5-13(4-9)21-14-2-1-12(8-18)20-14;10-5-3-6-11-8-9-4-1-2-7-12-9;7-2-4-6(10)3(8)1-5(9)11-4/h9-14,16-19H,1-8,15H2;9,11H,1-8,10H2;3-6,8-10H,1-2,7H2/t;;3?,4-,5-,6-/m..0/s1. The molecule has 1 aliphatic carbocycles. The fourth-order valence-corrected chi connectivity index (χ4v) is 5.66. The summed E-state index contributed by atoms with van der Waals surface area (Å²) in [6, 6.07) is 0.234. The van der Waals surface area contributed by atoms with Crippen LogP contribution in [0.1, 0.15) is 64.2 Å². The van der Waals surface area contributed by atoms with Crippen molar-refractivity contribution >= 4 is 0 Å². The van der Waals surface area contributed by atoms with Crippen LogP contribution in [0.15, 0.2) is 0 Å². The molecule has 44 heavy (non-hydrogen) atoms. The zero-order valence-electron chi connectivity index (χ0n) is 26.1. The van der Waals surface area contributed by atoms with Crippen molar-refractivity contribution in [3.05, 3.63) is 0 Å². The van der Waals surface area contributed by atoms with Crippen LogP contribution in [0.25, 0.3) is 0 Å². The summed E-state index contributed by atoms with van der Waals surface area (Å²) in [4.78, 5) is 0. The lowest BCUT2D eigenvalue weighted by Crippen LogP contribution is -2.51. The minimum Gasteiger partial charge on any atom is -0.394 e. The molecule has 3 saturated heterocycles. The predicted octanol–water partition coefficient (Wildman–Crippen LogP) is -3.04. The van der Waals surface area contributed by atoms with Gasteiger partial charge in [0, 0.05) is 51.2 Å². The van der Waals surface area contributed by atoms with Gasteiger partial charge in [-0.15, -0.1) is 0 Å². The van der Waals surface area contributed by atoms with Crippen LogP contribution in [0, 0.1) is 0 Å². The summed E-state index contributed by atoms with van der Waals surface area (Å²) < 4.78 is 21.9. The maximum atomic E-state index is 9.39. The number of rotatable bonds is 13. The van der Waals surface area contributed by atoms with E-state index in [0.29, 0.717) is 12.6 Å². The van der Waals surface area contributed by atoms with Crippen molar-refractivity contribution in [2.75, 3.05) is 52.5 Å². The average molecular weight is 640 g/mol. The van der Waals surface area contributed by atoms with Crippen LogP contribution in [0.4, 0.5) is 0 Å². The van der Waals surface area contributed by atoms with Crippen molar-refractivity contribution in [3.63, 3.8) is 0 Å². The smallest absolute Gasteiger partial charge is 0.158 e. The molecule has 0 amide bonds. The lowest BCUT2D eigenvalue weighted by atomic mass is 9.89. The number of hydrogen-bond donors (Lipinski definition) is 11. The molecule has 15 heteroatoms. The second kappa shape index (κ2) is 22.8. The monoisotopic (exact) mass is 639 g/mol. The molecule has 4 aliphatic rings. The van der Waals surface area contributed by atoms with Gasteiger partial charge in [0.2, 0.25) is 0 Å². The van der Waals surface area contributed by atoms with Gasteiger partial charge in [-0.25, -0.2) is 0 Å². The van der Waals surface area contributed by atoms with Crippen molar-refractivity contribution in [3.8, 4) is 0 Å². The van der Waals surface area contributed by atoms with E-state index >= 15 is 0 Å². The number of hydrogen-bond acceptors (Lipinski definition) is 15. The molecule has 0 radical (unpaired) electrons. The van der Waals surface area contributed by atoms with Gasteiger partial charge in [0.1, 0.15) is 12.2 Å². The van der Waals surface area contributed by atoms with E-state index < -0.39 is 30.7 Å². The molecular weight excluding hydrogens is 578 g/mol. The quantitative estimate of drug-likeness (QED) is 0.0895. The summed E-state index contributed by atoms with van der Waals surface area (Å²) in [5.41, 5.74) is 16.7. The van der Waals surface area contributed by atoms with Gasteiger partial charge < -0.3 is 77.4 Å². The van der Waals surface area contributed by atoms with Crippen LogP contribution in [-0.4, -0.2) is 151 Å².